The Morgan fingerprint density at radius 1 is 1.16 bits per heavy atom. The van der Waals surface area contributed by atoms with Crippen molar-refractivity contribution >= 4 is 33.1 Å². The minimum absolute atomic E-state index is 0.0937. The molecule has 6 nitrogen and oxygen atoms in total. The van der Waals surface area contributed by atoms with Gasteiger partial charge in [-0.15, -0.1) is 11.3 Å². The lowest BCUT2D eigenvalue weighted by molar-refractivity contribution is -0.151. The third-order valence-electron chi connectivity index (χ3n) is 5.04. The number of likely N-dealkylation sites (N-methyl/N-ethyl adjacent to an activating group) is 1. The molecular weight excluding hydrogens is 429 g/mol. The van der Waals surface area contributed by atoms with Crippen LogP contribution >= 0.6 is 11.3 Å². The first-order chi connectivity index (χ1) is 14.6. The van der Waals surface area contributed by atoms with Gasteiger partial charge in [0.05, 0.1) is 15.2 Å². The fourth-order valence-corrected chi connectivity index (χ4v) is 4.23. The number of carbonyl (C=O) groups excluding carboxylic acids is 1. The Kier molecular flexibility index (Phi) is 5.36. The van der Waals surface area contributed by atoms with E-state index in [4.69, 9.17) is 0 Å². The Bertz CT molecular complexity index is 1200. The molecule has 1 aliphatic heterocycles. The van der Waals surface area contributed by atoms with Crippen LogP contribution in [0, 0.1) is 31.3 Å². The first-order valence-electron chi connectivity index (χ1n) is 9.35. The van der Waals surface area contributed by atoms with Crippen LogP contribution in [0.1, 0.15) is 16.1 Å². The molecule has 0 fully saturated rings. The molecule has 162 valence electrons. The van der Waals surface area contributed by atoms with Crippen molar-refractivity contribution in [2.24, 2.45) is 0 Å². The van der Waals surface area contributed by atoms with Gasteiger partial charge in [0.2, 0.25) is 6.35 Å². The molecule has 31 heavy (non-hydrogen) atoms. The van der Waals surface area contributed by atoms with Crippen molar-refractivity contribution in [1.82, 2.24) is 14.8 Å². The number of amides is 1. The summed E-state index contributed by atoms with van der Waals surface area (Å²) in [5.74, 6) is -4.43. The van der Waals surface area contributed by atoms with Crippen LogP contribution in [0.5, 0.6) is 0 Å². The minimum Gasteiger partial charge on any atom is -0.356 e. The number of aryl methyl sites for hydroxylation is 2. The second kappa shape index (κ2) is 7.86. The van der Waals surface area contributed by atoms with Crippen molar-refractivity contribution in [2.75, 3.05) is 12.4 Å². The number of thiazole rings is 1. The van der Waals surface area contributed by atoms with Crippen LogP contribution in [0.25, 0.3) is 10.2 Å². The summed E-state index contributed by atoms with van der Waals surface area (Å²) in [6, 6.07) is 5.51. The fourth-order valence-electron chi connectivity index (χ4n) is 3.39. The third-order valence-corrected chi connectivity index (χ3v) is 5.98. The number of anilines is 1. The van der Waals surface area contributed by atoms with Crippen LogP contribution in [-0.4, -0.2) is 39.2 Å². The van der Waals surface area contributed by atoms with Crippen molar-refractivity contribution in [3.63, 3.8) is 0 Å². The molecule has 2 aromatic carbocycles. The van der Waals surface area contributed by atoms with Gasteiger partial charge in [-0.1, -0.05) is 0 Å². The van der Waals surface area contributed by atoms with Gasteiger partial charge in [0.25, 0.3) is 5.91 Å². The molecule has 1 amide bonds. The summed E-state index contributed by atoms with van der Waals surface area (Å²) in [6.07, 6.45) is -0.115. The van der Waals surface area contributed by atoms with Crippen LogP contribution in [0.15, 0.2) is 36.2 Å². The standard InChI is InChI=1S/C21H19F3N4O2S/c1-10-4-16-17(31-11(2)25-16)7-15(10)26-18-8-19(29)27(3)21(30)28(18)9-12-5-13(22)20(24)14(23)6-12/h4-8,21,26,30H,9H2,1-3H3. The van der Waals surface area contributed by atoms with Crippen molar-refractivity contribution in [2.45, 2.75) is 26.7 Å². The van der Waals surface area contributed by atoms with Gasteiger partial charge < -0.3 is 15.3 Å². The van der Waals surface area contributed by atoms with Gasteiger partial charge in [-0.25, -0.2) is 18.2 Å². The van der Waals surface area contributed by atoms with E-state index in [1.54, 1.807) is 0 Å². The smallest absolute Gasteiger partial charge is 0.253 e. The summed E-state index contributed by atoms with van der Waals surface area (Å²) >= 11 is 1.52. The molecule has 0 saturated carbocycles. The molecule has 4 rings (SSSR count). The number of rotatable bonds is 4. The van der Waals surface area contributed by atoms with Gasteiger partial charge in [-0.3, -0.25) is 9.69 Å². The van der Waals surface area contributed by atoms with E-state index in [1.165, 1.54) is 29.4 Å². The van der Waals surface area contributed by atoms with Crippen LogP contribution in [0.4, 0.5) is 18.9 Å². The predicted octanol–water partition coefficient (Wildman–Crippen LogP) is 3.83. The molecule has 0 saturated heterocycles. The maximum absolute atomic E-state index is 13.7. The molecular formula is C21H19F3N4O2S. The molecule has 0 aliphatic carbocycles. The number of aliphatic hydroxyl groups excluding tert-OH is 1. The lowest BCUT2D eigenvalue weighted by Gasteiger charge is -2.40. The maximum atomic E-state index is 13.7. The SMILES string of the molecule is Cc1nc2cc(C)c(NC3=CC(=O)N(C)C(O)N3Cc3cc(F)c(F)c(F)c3)cc2s1. The zero-order chi connectivity index (χ0) is 22.4. The van der Waals surface area contributed by atoms with Crippen LogP contribution < -0.4 is 5.32 Å². The number of aromatic nitrogens is 1. The Hall–Kier alpha value is -3.11. The molecule has 0 radical (unpaired) electrons. The van der Waals surface area contributed by atoms with E-state index in [1.807, 2.05) is 26.0 Å². The van der Waals surface area contributed by atoms with Crippen molar-refractivity contribution in [3.05, 3.63) is 69.7 Å². The molecule has 1 aliphatic rings. The molecule has 2 heterocycles. The fraction of sp³-hybridized carbons (Fsp3) is 0.238. The zero-order valence-corrected chi connectivity index (χ0v) is 17.7. The number of hydrogen-bond acceptors (Lipinski definition) is 6. The normalized spacial score (nSPS) is 16.8. The summed E-state index contributed by atoms with van der Waals surface area (Å²) < 4.78 is 41.6. The lowest BCUT2D eigenvalue weighted by Crippen LogP contribution is -2.52. The highest BCUT2D eigenvalue weighted by Crippen LogP contribution is 2.30. The van der Waals surface area contributed by atoms with Crippen molar-refractivity contribution < 1.29 is 23.1 Å². The second-order valence-electron chi connectivity index (χ2n) is 7.32. The highest BCUT2D eigenvalue weighted by Gasteiger charge is 2.31. The Morgan fingerprint density at radius 3 is 2.52 bits per heavy atom. The van der Waals surface area contributed by atoms with Crippen LogP contribution in [-0.2, 0) is 11.3 Å². The van der Waals surface area contributed by atoms with Gasteiger partial charge in [-0.2, -0.15) is 0 Å². The average Bonchev–Trinajstić information content (AvgIpc) is 3.06. The summed E-state index contributed by atoms with van der Waals surface area (Å²) in [6.45, 7) is 3.61. The van der Waals surface area contributed by atoms with Gasteiger partial charge in [0, 0.05) is 25.4 Å². The highest BCUT2D eigenvalue weighted by molar-refractivity contribution is 7.18. The topological polar surface area (TPSA) is 68.7 Å². The average molecular weight is 448 g/mol. The number of benzene rings is 2. The largest absolute Gasteiger partial charge is 0.356 e. The zero-order valence-electron chi connectivity index (χ0n) is 16.9. The molecule has 10 heteroatoms. The molecule has 3 aromatic rings. The maximum Gasteiger partial charge on any atom is 0.253 e. The van der Waals surface area contributed by atoms with E-state index in [-0.39, 0.29) is 17.9 Å². The van der Waals surface area contributed by atoms with Crippen molar-refractivity contribution in [1.29, 1.82) is 0 Å². The Balaban J connectivity index is 1.70. The van der Waals surface area contributed by atoms with Crippen molar-refractivity contribution in [3.8, 4) is 0 Å². The van der Waals surface area contributed by atoms with E-state index in [0.29, 0.717) is 5.69 Å². The summed E-state index contributed by atoms with van der Waals surface area (Å²) in [5, 5.41) is 14.7. The first-order valence-corrected chi connectivity index (χ1v) is 10.2. The Morgan fingerprint density at radius 2 is 1.84 bits per heavy atom. The highest BCUT2D eigenvalue weighted by atomic mass is 32.1. The number of hydrogen-bond donors (Lipinski definition) is 2. The number of aliphatic hydroxyl groups is 1. The number of fused-ring (bicyclic) bond motifs is 1. The van der Waals surface area contributed by atoms with E-state index < -0.39 is 29.7 Å². The van der Waals surface area contributed by atoms with Gasteiger partial charge in [0.15, 0.2) is 17.5 Å². The third kappa shape index (κ3) is 3.96. The van der Waals surface area contributed by atoms with Crippen LogP contribution in [0.3, 0.4) is 0 Å². The second-order valence-corrected chi connectivity index (χ2v) is 8.55. The quantitative estimate of drug-likeness (QED) is 0.594. The van der Waals surface area contributed by atoms with E-state index in [0.717, 1.165) is 37.8 Å². The van der Waals surface area contributed by atoms with Gasteiger partial charge >= 0.3 is 0 Å². The van der Waals surface area contributed by atoms with E-state index >= 15 is 0 Å². The first kappa shape index (κ1) is 21.1. The summed E-state index contributed by atoms with van der Waals surface area (Å²) in [4.78, 5) is 19.2. The Labute approximate surface area is 180 Å². The number of nitrogens with zero attached hydrogens (tertiary/aromatic N) is 3. The molecule has 2 N–H and O–H groups in total. The summed E-state index contributed by atoms with van der Waals surface area (Å²) in [5.41, 5.74) is 2.50. The number of carbonyl (C=O) groups is 1. The molecule has 0 bridgehead atoms. The number of halogens is 3. The predicted molar refractivity (Wildman–Crippen MR) is 111 cm³/mol. The molecule has 1 unspecified atom stereocenters. The lowest BCUT2D eigenvalue weighted by atomic mass is 10.1. The van der Waals surface area contributed by atoms with Gasteiger partial charge in [-0.05, 0) is 49.2 Å². The minimum atomic E-state index is -1.56. The summed E-state index contributed by atoms with van der Waals surface area (Å²) in [7, 11) is 1.40. The molecule has 0 spiro atoms. The molecule has 1 atom stereocenters. The molecule has 1 aromatic heterocycles. The van der Waals surface area contributed by atoms with E-state index in [2.05, 4.69) is 10.3 Å². The van der Waals surface area contributed by atoms with E-state index in [9.17, 15) is 23.1 Å². The van der Waals surface area contributed by atoms with Gasteiger partial charge in [0.1, 0.15) is 5.82 Å². The monoisotopic (exact) mass is 448 g/mol. The van der Waals surface area contributed by atoms with Crippen LogP contribution in [0.2, 0.25) is 0 Å². The number of nitrogens with one attached hydrogen (secondary N) is 1.